The van der Waals surface area contributed by atoms with Crippen LogP contribution >= 0.6 is 0 Å². The summed E-state index contributed by atoms with van der Waals surface area (Å²) < 4.78 is 229. The van der Waals surface area contributed by atoms with Crippen LogP contribution in [0.2, 0.25) is 0 Å². The summed E-state index contributed by atoms with van der Waals surface area (Å²) in [6.45, 7) is -3.54. The molecule has 0 bridgehead atoms. The Bertz CT molecular complexity index is 3380. The summed E-state index contributed by atoms with van der Waals surface area (Å²) in [5.74, 6) is 0. The molecule has 0 saturated heterocycles. The van der Waals surface area contributed by atoms with Crippen LogP contribution in [0, 0.1) is 6.85 Å². The number of aromatic nitrogens is 2. The van der Waals surface area contributed by atoms with Crippen LogP contribution in [0.1, 0.15) is 41.2 Å². The lowest BCUT2D eigenvalue weighted by atomic mass is 9.99. The van der Waals surface area contributed by atoms with E-state index in [-0.39, 0.29) is 0 Å². The van der Waals surface area contributed by atoms with Crippen molar-refractivity contribution in [3.63, 3.8) is 0 Å². The zero-order chi connectivity index (χ0) is 48.4. The molecule has 0 N–H and O–H groups in total. The lowest BCUT2D eigenvalue weighted by Crippen LogP contribution is -1.96. The minimum Gasteiger partial charge on any atom is -0.309 e. The highest BCUT2D eigenvalue weighted by Gasteiger charge is 2.14. The van der Waals surface area contributed by atoms with Crippen LogP contribution in [-0.4, -0.2) is 9.13 Å². The van der Waals surface area contributed by atoms with Gasteiger partial charge in [-0.15, -0.1) is 0 Å². The molecule has 0 radical (unpaired) electrons. The first-order valence-corrected chi connectivity index (χ1v) is 11.3. The molecule has 6 aromatic carbocycles. The van der Waals surface area contributed by atoms with Crippen LogP contribution in [0.5, 0.6) is 0 Å². The van der Waals surface area contributed by atoms with Crippen LogP contribution in [0.15, 0.2) is 139 Å². The van der Waals surface area contributed by atoms with Crippen molar-refractivity contribution in [2.45, 2.75) is 6.85 Å². The Morgan fingerprint density at radius 3 is 1.33 bits per heavy atom. The van der Waals surface area contributed by atoms with Crippen molar-refractivity contribution in [2.75, 3.05) is 0 Å². The minimum absolute atomic E-state index is 0.454. The number of rotatable bonds is 3. The van der Waals surface area contributed by atoms with E-state index in [1.54, 1.807) is 0 Å². The Labute approximate surface area is 263 Å². The molecule has 2 heteroatoms. The second kappa shape index (κ2) is 8.47. The highest BCUT2D eigenvalue weighted by molar-refractivity contribution is 6.10. The molecule has 39 heavy (non-hydrogen) atoms. The fraction of sp³-hybridized carbons (Fsp3) is 0.0270. The number of fused-ring (bicyclic) bond motifs is 6. The first-order chi connectivity index (χ1) is 30.1. The highest BCUT2D eigenvalue weighted by Crippen LogP contribution is 2.35. The maximum atomic E-state index is 9.41. The first kappa shape index (κ1) is 8.21. The van der Waals surface area contributed by atoms with Gasteiger partial charge in [0.05, 0.1) is 53.6 Å². The average molecular weight is 525 g/mol. The fourth-order valence-electron chi connectivity index (χ4n) is 4.53. The zero-order valence-electron chi connectivity index (χ0n) is 45.4. The smallest absolute Gasteiger partial charge is 0.0648 e. The molecule has 0 amide bonds. The lowest BCUT2D eigenvalue weighted by Gasteiger charge is -2.13. The van der Waals surface area contributed by atoms with Crippen molar-refractivity contribution in [2.24, 2.45) is 0 Å². The van der Waals surface area contributed by atoms with Gasteiger partial charge in [0.15, 0.2) is 0 Å². The Morgan fingerprint density at radius 2 is 0.872 bits per heavy atom. The maximum absolute atomic E-state index is 9.41. The molecule has 0 aliphatic carbocycles. The monoisotopic (exact) mass is 524 g/mol. The highest BCUT2D eigenvalue weighted by atomic mass is 15.0. The van der Waals surface area contributed by atoms with E-state index in [4.69, 9.17) is 26.0 Å². The Kier molecular flexibility index (Phi) is 1.78. The molecule has 0 aliphatic heterocycles. The standard InChI is InChI=1S/C37H26N2/c1-25-24-28(39-36-16-8-4-12-32(36)33-13-5-9-17-37(33)39)22-23-29(25)26-18-20-27(21-19-26)38-34-14-6-2-10-30(34)31-11-3-7-15-35(31)38/h2-24H,1H3/i1D3,2D,3D,4D,5D,6D,7D,8D,9D,10D,11D,12D,13D,14D,15D,16D,17D,18D,19D,20D,21D,22D,23D,24D. The lowest BCUT2D eigenvalue weighted by molar-refractivity contribution is 1.17. The van der Waals surface area contributed by atoms with Crippen molar-refractivity contribution in [3.8, 4) is 22.5 Å². The first-order valence-electron chi connectivity index (χ1n) is 24.3. The summed E-state index contributed by atoms with van der Waals surface area (Å²) in [5, 5.41) is -1.88. The maximum Gasteiger partial charge on any atom is 0.0648 e. The molecule has 2 nitrogen and oxygen atoms in total. The van der Waals surface area contributed by atoms with Crippen LogP contribution in [0.25, 0.3) is 66.1 Å². The molecule has 0 atom stereocenters. The van der Waals surface area contributed by atoms with E-state index in [1.807, 2.05) is 0 Å². The van der Waals surface area contributed by atoms with Gasteiger partial charge in [-0.3, -0.25) is 0 Å². The summed E-state index contributed by atoms with van der Waals surface area (Å²) >= 11 is 0. The number of hydrogen-bond acceptors (Lipinski definition) is 0. The third-order valence-corrected chi connectivity index (χ3v) is 6.17. The van der Waals surface area contributed by atoms with Crippen LogP contribution in [0.4, 0.5) is 0 Å². The Hall–Kier alpha value is -5.08. The Morgan fingerprint density at radius 1 is 0.462 bits per heavy atom. The molecule has 0 unspecified atom stereocenters. The van der Waals surface area contributed by atoms with Crippen LogP contribution in [0.3, 0.4) is 0 Å². The van der Waals surface area contributed by atoms with Gasteiger partial charge in [0, 0.05) is 37.0 Å². The van der Waals surface area contributed by atoms with E-state index >= 15 is 0 Å². The van der Waals surface area contributed by atoms with Crippen LogP contribution in [-0.2, 0) is 0 Å². The van der Waals surface area contributed by atoms with Gasteiger partial charge in [-0.25, -0.2) is 0 Å². The van der Waals surface area contributed by atoms with Gasteiger partial charge in [-0.05, 0) is 71.9 Å². The van der Waals surface area contributed by atoms with Gasteiger partial charge in [0.1, 0.15) is 0 Å². The Balaban J connectivity index is 1.56. The summed E-state index contributed by atoms with van der Waals surface area (Å²) in [5.41, 5.74) is -7.26. The SMILES string of the molecule is [2H]c1c([2H])c(-n2c3c([2H])c([2H])c([2H])c([2H])c3c3c([2H])c([2H])c([2H])c([2H])c32)c([2H])c([2H])c1-c1c([2H])c([2H])c(-n2c3c([2H])c([2H])c([2H])c([2H])c3c3c([2H])c([2H])c([2H])c([2H])c32)c([2H])c1C([2H])([2H])[2H]. The topological polar surface area (TPSA) is 9.86 Å². The molecule has 2 aromatic heterocycles. The van der Waals surface area contributed by atoms with E-state index < -0.39 is 218 Å². The van der Waals surface area contributed by atoms with Crippen molar-refractivity contribution in [1.82, 2.24) is 9.13 Å². The summed E-state index contributed by atoms with van der Waals surface area (Å²) in [6.07, 6.45) is 0. The van der Waals surface area contributed by atoms with Crippen molar-refractivity contribution in [3.05, 3.63) is 145 Å². The zero-order valence-corrected chi connectivity index (χ0v) is 19.4. The molecule has 0 aliphatic rings. The molecular weight excluding hydrogens is 472 g/mol. The molecule has 8 aromatic rings. The average Bonchev–Trinajstić information content (AvgIpc) is 3.79. The predicted octanol–water partition coefficient (Wildman–Crippen LogP) is 9.86. The van der Waals surface area contributed by atoms with Crippen LogP contribution < -0.4 is 0 Å². The van der Waals surface area contributed by atoms with Gasteiger partial charge in [-0.2, -0.15) is 0 Å². The van der Waals surface area contributed by atoms with Gasteiger partial charge in [0.25, 0.3) is 0 Å². The van der Waals surface area contributed by atoms with Gasteiger partial charge < -0.3 is 9.13 Å². The molecular formula is C37H26N2. The van der Waals surface area contributed by atoms with Crippen molar-refractivity contribution in [1.29, 1.82) is 0 Å². The molecule has 2 heterocycles. The molecule has 8 rings (SSSR count). The van der Waals surface area contributed by atoms with Gasteiger partial charge in [0.2, 0.25) is 0 Å². The quantitative estimate of drug-likeness (QED) is 0.218. The summed E-state index contributed by atoms with van der Waals surface area (Å²) in [4.78, 5) is 0. The minimum atomic E-state index is -3.54. The van der Waals surface area contributed by atoms with Crippen molar-refractivity contribution >= 4 is 43.6 Å². The third kappa shape index (κ3) is 3.28. The van der Waals surface area contributed by atoms with E-state index in [0.29, 0.717) is 4.57 Å². The summed E-state index contributed by atoms with van der Waals surface area (Å²) in [7, 11) is 0. The van der Waals surface area contributed by atoms with E-state index in [2.05, 4.69) is 0 Å². The number of para-hydroxylation sites is 4. The van der Waals surface area contributed by atoms with E-state index in [1.165, 1.54) is 0 Å². The van der Waals surface area contributed by atoms with E-state index in [0.717, 1.165) is 4.57 Å². The second-order valence-corrected chi connectivity index (χ2v) is 8.26. The number of benzene rings is 6. The van der Waals surface area contributed by atoms with Gasteiger partial charge in [-0.1, -0.05) is 90.6 Å². The summed E-state index contributed by atoms with van der Waals surface area (Å²) in [6, 6.07) is -21.1. The molecule has 0 fully saturated rings. The van der Waals surface area contributed by atoms with Gasteiger partial charge >= 0.3 is 0 Å². The fourth-order valence-corrected chi connectivity index (χ4v) is 4.53. The molecule has 0 spiro atoms. The molecule has 184 valence electrons. The van der Waals surface area contributed by atoms with E-state index in [9.17, 15) is 9.60 Å². The molecule has 0 saturated carbocycles. The second-order valence-electron chi connectivity index (χ2n) is 8.26. The number of nitrogens with zero attached hydrogens (tertiary/aromatic N) is 2. The largest absolute Gasteiger partial charge is 0.309 e. The normalized spacial score (nSPS) is 21.4. The van der Waals surface area contributed by atoms with Crippen molar-refractivity contribution < 1.29 is 35.6 Å². The third-order valence-electron chi connectivity index (χ3n) is 6.17. The predicted molar refractivity (Wildman–Crippen MR) is 165 cm³/mol. The number of hydrogen-bond donors (Lipinski definition) is 0.